The van der Waals surface area contributed by atoms with Crippen molar-refractivity contribution >= 4 is 5.91 Å². The minimum Gasteiger partial charge on any atom is -0.343 e. The van der Waals surface area contributed by atoms with Gasteiger partial charge in [-0.15, -0.1) is 0 Å². The van der Waals surface area contributed by atoms with Gasteiger partial charge in [0.15, 0.2) is 0 Å². The minimum absolute atomic E-state index is 0.0972. The Kier molecular flexibility index (Phi) is 3.73. The molecule has 0 bridgehead atoms. The average Bonchev–Trinajstić information content (AvgIpc) is 1.99. The lowest BCUT2D eigenvalue weighted by Crippen LogP contribution is -2.56. The van der Waals surface area contributed by atoms with Gasteiger partial charge in [-0.3, -0.25) is 4.79 Å². The fourth-order valence-corrected chi connectivity index (χ4v) is 0.951. The number of carbonyl (C=O) groups is 1. The van der Waals surface area contributed by atoms with Crippen LogP contribution in [0.1, 0.15) is 41.5 Å². The first-order chi connectivity index (χ1) is 6.01. The topological polar surface area (TPSA) is 46.3 Å². The van der Waals surface area contributed by atoms with Gasteiger partial charge in [-0.1, -0.05) is 0 Å². The van der Waals surface area contributed by atoms with Gasteiger partial charge in [-0.05, 0) is 41.5 Å². The average molecular weight is 200 g/mol. The summed E-state index contributed by atoms with van der Waals surface area (Å²) < 4.78 is 0. The third-order valence-corrected chi connectivity index (χ3v) is 3.24. The Hall–Kier alpha value is -0.570. The number of nitrogens with zero attached hydrogens (tertiary/aromatic N) is 1. The molecule has 0 rings (SSSR count). The second-order valence-corrected chi connectivity index (χ2v) is 5.36. The zero-order valence-electron chi connectivity index (χ0n) is 10.5. The predicted octanol–water partition coefficient (Wildman–Crippen LogP) is 1.62. The van der Waals surface area contributed by atoms with Crippen molar-refractivity contribution in [2.24, 2.45) is 11.1 Å². The van der Waals surface area contributed by atoms with E-state index in [2.05, 4.69) is 0 Å². The quantitative estimate of drug-likeness (QED) is 0.752. The fourth-order valence-electron chi connectivity index (χ4n) is 0.951. The smallest absolute Gasteiger partial charge is 0.230 e. The first-order valence-corrected chi connectivity index (χ1v) is 5.08. The molecule has 0 heterocycles. The first kappa shape index (κ1) is 13.4. The molecule has 0 spiro atoms. The van der Waals surface area contributed by atoms with Crippen LogP contribution < -0.4 is 5.73 Å². The van der Waals surface area contributed by atoms with Gasteiger partial charge in [0, 0.05) is 18.6 Å². The summed E-state index contributed by atoms with van der Waals surface area (Å²) in [6, 6.07) is 0.212. The summed E-state index contributed by atoms with van der Waals surface area (Å²) in [6.07, 6.45) is 0. The van der Waals surface area contributed by atoms with E-state index in [0.29, 0.717) is 0 Å². The Morgan fingerprint density at radius 2 is 1.57 bits per heavy atom. The largest absolute Gasteiger partial charge is 0.343 e. The number of nitrogens with two attached hydrogens (primary N) is 1. The molecule has 0 aromatic rings. The van der Waals surface area contributed by atoms with Gasteiger partial charge < -0.3 is 10.6 Å². The van der Waals surface area contributed by atoms with Crippen molar-refractivity contribution < 1.29 is 4.79 Å². The Morgan fingerprint density at radius 1 is 1.21 bits per heavy atom. The molecule has 0 radical (unpaired) electrons. The van der Waals surface area contributed by atoms with Crippen molar-refractivity contribution in [1.82, 2.24) is 4.90 Å². The van der Waals surface area contributed by atoms with E-state index in [0.717, 1.165) is 0 Å². The lowest BCUT2D eigenvalue weighted by atomic mass is 9.74. The standard InChI is InChI=1S/C11H24N2O/c1-8(2)13(7)9(14)10(3,4)11(5,6)12/h8H,12H2,1-7H3. The molecule has 1 amide bonds. The molecule has 0 fully saturated rings. The molecular weight excluding hydrogens is 176 g/mol. The van der Waals surface area contributed by atoms with Crippen LogP contribution in [0.15, 0.2) is 0 Å². The van der Waals surface area contributed by atoms with Crippen molar-refractivity contribution in [2.45, 2.75) is 53.1 Å². The third-order valence-electron chi connectivity index (χ3n) is 3.24. The maximum absolute atomic E-state index is 12.1. The van der Waals surface area contributed by atoms with Crippen LogP contribution in [0.5, 0.6) is 0 Å². The second-order valence-electron chi connectivity index (χ2n) is 5.36. The maximum Gasteiger partial charge on any atom is 0.230 e. The Bertz CT molecular complexity index is 214. The molecule has 0 atom stereocenters. The van der Waals surface area contributed by atoms with E-state index in [1.807, 2.05) is 48.6 Å². The molecular formula is C11H24N2O. The van der Waals surface area contributed by atoms with Gasteiger partial charge in [0.1, 0.15) is 0 Å². The lowest BCUT2D eigenvalue weighted by Gasteiger charge is -2.40. The highest BCUT2D eigenvalue weighted by molar-refractivity contribution is 5.83. The van der Waals surface area contributed by atoms with E-state index < -0.39 is 11.0 Å². The van der Waals surface area contributed by atoms with Crippen molar-refractivity contribution in [3.05, 3.63) is 0 Å². The summed E-state index contributed by atoms with van der Waals surface area (Å²) >= 11 is 0. The summed E-state index contributed by atoms with van der Waals surface area (Å²) in [5.74, 6) is 0.0972. The molecule has 0 aliphatic heterocycles. The van der Waals surface area contributed by atoms with Crippen molar-refractivity contribution in [3.63, 3.8) is 0 Å². The molecule has 0 saturated carbocycles. The normalized spacial score (nSPS) is 13.2. The lowest BCUT2D eigenvalue weighted by molar-refractivity contribution is -0.143. The van der Waals surface area contributed by atoms with Crippen LogP contribution in [0.2, 0.25) is 0 Å². The summed E-state index contributed by atoms with van der Waals surface area (Å²) in [5.41, 5.74) is 4.96. The van der Waals surface area contributed by atoms with Crippen LogP contribution in [-0.4, -0.2) is 29.4 Å². The Balaban J connectivity index is 4.86. The number of hydrogen-bond acceptors (Lipinski definition) is 2. The van der Waals surface area contributed by atoms with Gasteiger partial charge >= 0.3 is 0 Å². The monoisotopic (exact) mass is 200 g/mol. The second kappa shape index (κ2) is 3.89. The van der Waals surface area contributed by atoms with E-state index >= 15 is 0 Å². The highest BCUT2D eigenvalue weighted by Gasteiger charge is 2.42. The predicted molar refractivity (Wildman–Crippen MR) is 60.0 cm³/mol. The Morgan fingerprint density at radius 3 is 1.79 bits per heavy atom. The van der Waals surface area contributed by atoms with E-state index in [9.17, 15) is 4.79 Å². The van der Waals surface area contributed by atoms with Crippen molar-refractivity contribution in [2.75, 3.05) is 7.05 Å². The highest BCUT2D eigenvalue weighted by atomic mass is 16.2. The Labute approximate surface area is 87.6 Å². The molecule has 0 aromatic heterocycles. The molecule has 0 aliphatic carbocycles. The summed E-state index contributed by atoms with van der Waals surface area (Å²) in [6.45, 7) is 11.6. The molecule has 3 nitrogen and oxygen atoms in total. The first-order valence-electron chi connectivity index (χ1n) is 5.08. The van der Waals surface area contributed by atoms with Crippen LogP contribution in [-0.2, 0) is 4.79 Å². The number of rotatable bonds is 3. The van der Waals surface area contributed by atoms with Gasteiger partial charge in [-0.25, -0.2) is 0 Å². The van der Waals surface area contributed by atoms with Gasteiger partial charge in [0.05, 0.1) is 5.41 Å². The zero-order chi connectivity index (χ0) is 11.7. The SMILES string of the molecule is CC(C)N(C)C(=O)C(C)(C)C(C)(C)N. The van der Waals surface area contributed by atoms with Crippen molar-refractivity contribution in [3.8, 4) is 0 Å². The highest BCUT2D eigenvalue weighted by Crippen LogP contribution is 2.30. The molecule has 0 saturated heterocycles. The van der Waals surface area contributed by atoms with E-state index in [-0.39, 0.29) is 11.9 Å². The number of carbonyl (C=O) groups excluding carboxylic acids is 1. The molecule has 0 aliphatic rings. The van der Waals surface area contributed by atoms with Crippen LogP contribution in [0.3, 0.4) is 0 Å². The van der Waals surface area contributed by atoms with E-state index in [1.165, 1.54) is 0 Å². The zero-order valence-corrected chi connectivity index (χ0v) is 10.5. The summed E-state index contributed by atoms with van der Waals surface area (Å²) in [4.78, 5) is 13.8. The summed E-state index contributed by atoms with van der Waals surface area (Å²) in [5, 5.41) is 0. The van der Waals surface area contributed by atoms with Gasteiger partial charge in [0.25, 0.3) is 0 Å². The minimum atomic E-state index is -0.536. The fraction of sp³-hybridized carbons (Fsp3) is 0.909. The van der Waals surface area contributed by atoms with Gasteiger partial charge in [-0.2, -0.15) is 0 Å². The molecule has 14 heavy (non-hydrogen) atoms. The van der Waals surface area contributed by atoms with E-state index in [4.69, 9.17) is 5.73 Å². The maximum atomic E-state index is 12.1. The number of amides is 1. The molecule has 84 valence electrons. The van der Waals surface area contributed by atoms with Crippen LogP contribution >= 0.6 is 0 Å². The summed E-state index contributed by atoms with van der Waals surface area (Å²) in [7, 11) is 1.82. The van der Waals surface area contributed by atoms with Crippen LogP contribution in [0, 0.1) is 5.41 Å². The molecule has 3 heteroatoms. The molecule has 0 unspecified atom stereocenters. The van der Waals surface area contributed by atoms with Crippen molar-refractivity contribution in [1.29, 1.82) is 0 Å². The molecule has 2 N–H and O–H groups in total. The van der Waals surface area contributed by atoms with Crippen LogP contribution in [0.25, 0.3) is 0 Å². The third kappa shape index (κ3) is 2.47. The van der Waals surface area contributed by atoms with E-state index in [1.54, 1.807) is 4.90 Å². The number of hydrogen-bond donors (Lipinski definition) is 1. The van der Waals surface area contributed by atoms with Gasteiger partial charge in [0.2, 0.25) is 5.91 Å². The van der Waals surface area contributed by atoms with Crippen LogP contribution in [0.4, 0.5) is 0 Å². The molecule has 0 aromatic carbocycles.